The number of phenolic OH excluding ortho intramolecular Hbond substituents is 1. The molecule has 0 aromatic heterocycles. The Morgan fingerprint density at radius 1 is 1.05 bits per heavy atom. The molecule has 0 saturated heterocycles. The van der Waals surface area contributed by atoms with Gasteiger partial charge in [-0.1, -0.05) is 44.2 Å². The molecule has 2 atom stereocenters. The SMILES string of the molecule is CCC1=C(C(=O)OC2CCCC2)C(c2cccc(O)c2)C2=C(CC(c3ccc(CC)cc3C)CC2=O)N1. The summed E-state index contributed by atoms with van der Waals surface area (Å²) in [5.74, 6) is -0.652. The van der Waals surface area contributed by atoms with Gasteiger partial charge < -0.3 is 15.2 Å². The molecule has 2 aliphatic carbocycles. The zero-order chi connectivity index (χ0) is 26.1. The van der Waals surface area contributed by atoms with E-state index in [1.165, 1.54) is 16.7 Å². The number of nitrogens with one attached hydrogen (secondary N) is 1. The zero-order valence-corrected chi connectivity index (χ0v) is 22.1. The van der Waals surface area contributed by atoms with Crippen LogP contribution >= 0.6 is 0 Å². The van der Waals surface area contributed by atoms with Gasteiger partial charge in [0.15, 0.2) is 5.78 Å². The molecule has 2 aromatic carbocycles. The quantitative estimate of drug-likeness (QED) is 0.444. The Hall–Kier alpha value is -3.34. The summed E-state index contributed by atoms with van der Waals surface area (Å²) < 4.78 is 5.97. The lowest BCUT2D eigenvalue weighted by Gasteiger charge is -2.38. The Morgan fingerprint density at radius 3 is 2.51 bits per heavy atom. The summed E-state index contributed by atoms with van der Waals surface area (Å²) in [5.41, 5.74) is 7.31. The molecule has 0 spiro atoms. The number of hydrogen-bond donors (Lipinski definition) is 2. The summed E-state index contributed by atoms with van der Waals surface area (Å²) in [4.78, 5) is 27.5. The van der Waals surface area contributed by atoms with E-state index in [0.717, 1.165) is 49.1 Å². The van der Waals surface area contributed by atoms with Crippen molar-refractivity contribution < 1.29 is 19.4 Å². The molecule has 5 rings (SSSR count). The molecule has 0 radical (unpaired) electrons. The minimum absolute atomic E-state index is 0.0485. The minimum Gasteiger partial charge on any atom is -0.508 e. The first-order valence-corrected chi connectivity index (χ1v) is 13.7. The Bertz CT molecular complexity index is 1280. The van der Waals surface area contributed by atoms with Crippen LogP contribution in [-0.4, -0.2) is 23.0 Å². The van der Waals surface area contributed by atoms with E-state index in [2.05, 4.69) is 37.4 Å². The fourth-order valence-electron chi connectivity index (χ4n) is 6.37. The Labute approximate surface area is 219 Å². The second-order valence-corrected chi connectivity index (χ2v) is 10.7. The van der Waals surface area contributed by atoms with E-state index in [0.29, 0.717) is 30.4 Å². The molecule has 0 amide bonds. The van der Waals surface area contributed by atoms with Crippen LogP contribution in [0.4, 0.5) is 0 Å². The number of hydrogen-bond acceptors (Lipinski definition) is 5. The summed E-state index contributed by atoms with van der Waals surface area (Å²) in [5, 5.41) is 13.8. The van der Waals surface area contributed by atoms with Crippen LogP contribution in [0, 0.1) is 6.92 Å². The largest absolute Gasteiger partial charge is 0.508 e. The van der Waals surface area contributed by atoms with Gasteiger partial charge in [-0.05, 0) is 92.2 Å². The van der Waals surface area contributed by atoms with Gasteiger partial charge in [-0.3, -0.25) is 4.79 Å². The van der Waals surface area contributed by atoms with Crippen LogP contribution in [-0.2, 0) is 20.7 Å². The number of ketones is 1. The van der Waals surface area contributed by atoms with Crippen molar-refractivity contribution in [2.24, 2.45) is 0 Å². The predicted octanol–water partition coefficient (Wildman–Crippen LogP) is 6.50. The molecule has 2 N–H and O–H groups in total. The average molecular weight is 500 g/mol. The number of aryl methyl sites for hydroxylation is 2. The third-order valence-corrected chi connectivity index (χ3v) is 8.25. The number of carbonyl (C=O) groups excluding carboxylic acids is 2. The molecule has 1 aliphatic heterocycles. The van der Waals surface area contributed by atoms with Gasteiger partial charge in [0, 0.05) is 29.3 Å². The number of rotatable bonds is 6. The lowest BCUT2D eigenvalue weighted by Crippen LogP contribution is -2.37. The molecular weight excluding hydrogens is 462 g/mol. The minimum atomic E-state index is -0.552. The summed E-state index contributed by atoms with van der Waals surface area (Å²) in [7, 11) is 0. The molecule has 194 valence electrons. The van der Waals surface area contributed by atoms with Crippen molar-refractivity contribution in [3.8, 4) is 5.75 Å². The van der Waals surface area contributed by atoms with Crippen molar-refractivity contribution in [3.05, 3.63) is 87.3 Å². The Morgan fingerprint density at radius 2 is 1.84 bits per heavy atom. The fraction of sp³-hybridized carbons (Fsp3) is 0.438. The Kier molecular flexibility index (Phi) is 7.23. The first-order chi connectivity index (χ1) is 17.9. The summed E-state index contributed by atoms with van der Waals surface area (Å²) >= 11 is 0. The number of ether oxygens (including phenoxy) is 1. The highest BCUT2D eigenvalue weighted by molar-refractivity contribution is 6.04. The number of Topliss-reactive ketones (excluding diaryl/α,β-unsaturated/α-hetero) is 1. The fourth-order valence-corrected chi connectivity index (χ4v) is 6.37. The van der Waals surface area contributed by atoms with E-state index in [9.17, 15) is 14.7 Å². The third-order valence-electron chi connectivity index (χ3n) is 8.25. The molecule has 1 fully saturated rings. The van der Waals surface area contributed by atoms with Crippen molar-refractivity contribution in [2.45, 2.75) is 90.1 Å². The smallest absolute Gasteiger partial charge is 0.337 e. The van der Waals surface area contributed by atoms with Crippen molar-refractivity contribution in [2.75, 3.05) is 0 Å². The second kappa shape index (κ2) is 10.6. The lowest BCUT2D eigenvalue weighted by atomic mass is 9.71. The first kappa shape index (κ1) is 25.3. The molecule has 37 heavy (non-hydrogen) atoms. The maximum absolute atomic E-state index is 13.9. The highest BCUT2D eigenvalue weighted by Crippen LogP contribution is 2.47. The number of aromatic hydroxyl groups is 1. The van der Waals surface area contributed by atoms with Crippen LogP contribution in [0.25, 0.3) is 0 Å². The summed E-state index contributed by atoms with van der Waals surface area (Å²) in [6.45, 7) is 6.30. The average Bonchev–Trinajstić information content (AvgIpc) is 3.40. The monoisotopic (exact) mass is 499 g/mol. The molecule has 0 bridgehead atoms. The Balaban J connectivity index is 1.56. The van der Waals surface area contributed by atoms with E-state index in [1.54, 1.807) is 18.2 Å². The molecule has 5 nitrogen and oxygen atoms in total. The van der Waals surface area contributed by atoms with Gasteiger partial charge in [-0.15, -0.1) is 0 Å². The number of allylic oxidation sites excluding steroid dienone is 3. The predicted molar refractivity (Wildman–Crippen MR) is 144 cm³/mol. The van der Waals surface area contributed by atoms with Crippen LogP contribution in [0.5, 0.6) is 5.75 Å². The third kappa shape index (κ3) is 4.96. The van der Waals surface area contributed by atoms with Crippen molar-refractivity contribution >= 4 is 11.8 Å². The van der Waals surface area contributed by atoms with E-state index >= 15 is 0 Å². The molecule has 3 aliphatic rings. The van der Waals surface area contributed by atoms with Crippen LogP contribution in [0.2, 0.25) is 0 Å². The normalized spacial score (nSPS) is 22.2. The van der Waals surface area contributed by atoms with Gasteiger partial charge in [-0.2, -0.15) is 0 Å². The maximum atomic E-state index is 13.9. The summed E-state index contributed by atoms with van der Waals surface area (Å²) in [6, 6.07) is 13.5. The number of dihydropyridines is 1. The highest BCUT2D eigenvalue weighted by Gasteiger charge is 2.42. The molecule has 2 aromatic rings. The number of esters is 1. The standard InChI is InChI=1S/C32H37NO4/c1-4-20-13-14-25(19(3)15-20)22-17-27-30(28(35)18-22)29(21-9-8-10-23(34)16-21)31(26(5-2)33-27)32(36)37-24-11-6-7-12-24/h8-10,13-16,22,24,29,33-34H,4-7,11-12,17-18H2,1-3H3. The first-order valence-electron chi connectivity index (χ1n) is 13.7. The molecular formula is C32H37NO4. The van der Waals surface area contributed by atoms with E-state index in [4.69, 9.17) is 4.74 Å². The summed E-state index contributed by atoms with van der Waals surface area (Å²) in [6.07, 6.45) is 6.54. The van der Waals surface area contributed by atoms with Crippen molar-refractivity contribution in [3.63, 3.8) is 0 Å². The number of benzene rings is 2. The van der Waals surface area contributed by atoms with Gasteiger partial charge in [0.25, 0.3) is 0 Å². The van der Waals surface area contributed by atoms with Gasteiger partial charge in [0.2, 0.25) is 0 Å². The molecule has 2 unspecified atom stereocenters. The molecule has 1 heterocycles. The number of phenols is 1. The second-order valence-electron chi connectivity index (χ2n) is 10.7. The number of carbonyl (C=O) groups is 2. The van der Waals surface area contributed by atoms with Gasteiger partial charge in [0.1, 0.15) is 11.9 Å². The lowest BCUT2D eigenvalue weighted by molar-refractivity contribution is -0.144. The topological polar surface area (TPSA) is 75.6 Å². The van der Waals surface area contributed by atoms with Crippen LogP contribution < -0.4 is 5.32 Å². The zero-order valence-electron chi connectivity index (χ0n) is 22.1. The van der Waals surface area contributed by atoms with Crippen LogP contribution in [0.3, 0.4) is 0 Å². The van der Waals surface area contributed by atoms with Gasteiger partial charge >= 0.3 is 5.97 Å². The van der Waals surface area contributed by atoms with Gasteiger partial charge in [0.05, 0.1) is 5.57 Å². The van der Waals surface area contributed by atoms with E-state index in [1.807, 2.05) is 13.0 Å². The molecule has 1 saturated carbocycles. The van der Waals surface area contributed by atoms with Crippen LogP contribution in [0.15, 0.2) is 65.0 Å². The van der Waals surface area contributed by atoms with Crippen molar-refractivity contribution in [1.82, 2.24) is 5.32 Å². The van der Waals surface area contributed by atoms with Gasteiger partial charge in [-0.25, -0.2) is 4.79 Å². The van der Waals surface area contributed by atoms with Crippen molar-refractivity contribution in [1.29, 1.82) is 0 Å². The molecule has 5 heteroatoms. The van der Waals surface area contributed by atoms with E-state index < -0.39 is 5.92 Å². The highest BCUT2D eigenvalue weighted by atomic mass is 16.5. The van der Waals surface area contributed by atoms with Crippen LogP contribution in [0.1, 0.15) is 92.9 Å². The van der Waals surface area contributed by atoms with E-state index in [-0.39, 0.29) is 29.5 Å². The maximum Gasteiger partial charge on any atom is 0.337 e.